The van der Waals surface area contributed by atoms with Crippen molar-refractivity contribution >= 4 is 21.1 Å². The molecule has 76 valence electrons. The van der Waals surface area contributed by atoms with Gasteiger partial charge in [-0.15, -0.1) is 0 Å². The van der Waals surface area contributed by atoms with Crippen molar-refractivity contribution < 1.29 is 23.1 Å². The maximum Gasteiger partial charge on any atom is 0.316 e. The molecular formula is C8H8O5S. The van der Waals surface area contributed by atoms with E-state index in [1.54, 1.807) is 0 Å². The molecule has 0 fully saturated rings. The summed E-state index contributed by atoms with van der Waals surface area (Å²) in [7, 11) is -1.14. The van der Waals surface area contributed by atoms with Crippen LogP contribution < -0.4 is 0 Å². The van der Waals surface area contributed by atoms with E-state index in [0.717, 1.165) is 0 Å². The number of allylic oxidation sites excluding steroid dienone is 2. The number of methoxy groups -OCH3 is 1. The van der Waals surface area contributed by atoms with Crippen LogP contribution in [0, 0.1) is 5.92 Å². The molecule has 0 saturated carbocycles. The molecule has 5 nitrogen and oxygen atoms in total. The van der Waals surface area contributed by atoms with Crippen LogP contribution in [0.5, 0.6) is 0 Å². The first-order valence-corrected chi connectivity index (χ1v) is 4.76. The number of carboxylic acid groups (broad SMARTS) is 1. The molecule has 1 aliphatic carbocycles. The molecule has 0 saturated heterocycles. The number of hydrogen-bond donors (Lipinski definition) is 1. The van der Waals surface area contributed by atoms with Crippen LogP contribution in [-0.4, -0.2) is 31.5 Å². The van der Waals surface area contributed by atoms with Crippen molar-refractivity contribution in [3.8, 4) is 0 Å². The third-order valence-corrected chi connectivity index (χ3v) is 2.52. The van der Waals surface area contributed by atoms with E-state index < -0.39 is 22.2 Å². The van der Waals surface area contributed by atoms with Crippen molar-refractivity contribution in [3.63, 3.8) is 0 Å². The molecule has 1 unspecified atom stereocenters. The zero-order chi connectivity index (χ0) is 10.7. The standard InChI is InChI=1S/C8H8O5S/c1-13-5-2-3-7(14(11)12)6(4-5)8(9)10/h2-4,6H,1H3,(H,9,10). The summed E-state index contributed by atoms with van der Waals surface area (Å²) in [5.41, 5.74) is 0. The Labute approximate surface area is 81.8 Å². The molecule has 1 atom stereocenters. The van der Waals surface area contributed by atoms with E-state index >= 15 is 0 Å². The van der Waals surface area contributed by atoms with E-state index in [0.29, 0.717) is 5.76 Å². The summed E-state index contributed by atoms with van der Waals surface area (Å²) in [5, 5.41) is 8.74. The van der Waals surface area contributed by atoms with Gasteiger partial charge in [0.1, 0.15) is 11.7 Å². The fourth-order valence-corrected chi connectivity index (χ4v) is 1.61. The molecular weight excluding hydrogens is 208 g/mol. The maximum atomic E-state index is 10.7. The zero-order valence-electron chi connectivity index (χ0n) is 7.30. The second-order valence-corrected chi connectivity index (χ2v) is 3.50. The molecule has 1 aliphatic rings. The molecule has 1 rings (SSSR count). The minimum absolute atomic E-state index is 0.168. The Bertz CT molecular complexity index is 432. The van der Waals surface area contributed by atoms with Crippen molar-refractivity contribution in [3.05, 3.63) is 24.0 Å². The van der Waals surface area contributed by atoms with Crippen LogP contribution in [0.3, 0.4) is 0 Å². The molecule has 0 bridgehead atoms. The Hall–Kier alpha value is -1.56. The summed E-state index contributed by atoms with van der Waals surface area (Å²) < 4.78 is 26.1. The van der Waals surface area contributed by atoms with Crippen LogP contribution >= 0.6 is 0 Å². The summed E-state index contributed by atoms with van der Waals surface area (Å²) in [6.45, 7) is 0. The average molecular weight is 216 g/mol. The molecule has 14 heavy (non-hydrogen) atoms. The predicted molar refractivity (Wildman–Crippen MR) is 49.3 cm³/mol. The Kier molecular flexibility index (Phi) is 3.08. The van der Waals surface area contributed by atoms with E-state index in [9.17, 15) is 13.2 Å². The molecule has 6 heteroatoms. The van der Waals surface area contributed by atoms with Gasteiger partial charge in [0, 0.05) is 0 Å². The van der Waals surface area contributed by atoms with Gasteiger partial charge in [0.05, 0.1) is 12.0 Å². The van der Waals surface area contributed by atoms with Crippen molar-refractivity contribution in [2.75, 3.05) is 7.11 Å². The minimum atomic E-state index is -2.52. The van der Waals surface area contributed by atoms with Crippen LogP contribution in [0.2, 0.25) is 0 Å². The lowest BCUT2D eigenvalue weighted by molar-refractivity contribution is -0.138. The van der Waals surface area contributed by atoms with Crippen LogP contribution in [-0.2, 0) is 19.8 Å². The largest absolute Gasteiger partial charge is 0.497 e. The van der Waals surface area contributed by atoms with E-state index in [2.05, 4.69) is 0 Å². The van der Waals surface area contributed by atoms with Gasteiger partial charge in [0.15, 0.2) is 0 Å². The number of hydrogen-bond acceptors (Lipinski definition) is 4. The predicted octanol–water partition coefficient (Wildman–Crippen LogP) is -0.161. The Morgan fingerprint density at radius 1 is 1.50 bits per heavy atom. The Morgan fingerprint density at radius 3 is 2.57 bits per heavy atom. The number of rotatable bonds is 2. The summed E-state index contributed by atoms with van der Waals surface area (Å²) in [5.74, 6) is -2.04. The molecule has 0 aromatic rings. The highest BCUT2D eigenvalue weighted by atomic mass is 32.2. The summed E-state index contributed by atoms with van der Waals surface area (Å²) >= 11 is 0. The van der Waals surface area contributed by atoms with Gasteiger partial charge in [-0.25, -0.2) is 0 Å². The second-order valence-electron chi connectivity index (χ2n) is 2.56. The van der Waals surface area contributed by atoms with Gasteiger partial charge in [0.2, 0.25) is 10.3 Å². The van der Waals surface area contributed by atoms with Gasteiger partial charge in [-0.3, -0.25) is 4.79 Å². The van der Waals surface area contributed by atoms with Crippen LogP contribution in [0.15, 0.2) is 24.0 Å². The molecule has 0 aromatic heterocycles. The first kappa shape index (κ1) is 10.5. The van der Waals surface area contributed by atoms with E-state index in [-0.39, 0.29) is 4.86 Å². The Balaban J connectivity index is 3.21. The maximum absolute atomic E-state index is 10.7. The second kappa shape index (κ2) is 4.10. The summed E-state index contributed by atoms with van der Waals surface area (Å²) in [4.78, 5) is 10.5. The highest BCUT2D eigenvalue weighted by Crippen LogP contribution is 2.14. The van der Waals surface area contributed by atoms with Gasteiger partial charge in [-0.1, -0.05) is 0 Å². The third kappa shape index (κ3) is 2.02. The van der Waals surface area contributed by atoms with E-state index in [4.69, 9.17) is 9.84 Å². The number of carbonyl (C=O) groups is 1. The normalized spacial score (nSPS) is 20.2. The summed E-state index contributed by atoms with van der Waals surface area (Å²) in [6.07, 6.45) is 3.87. The minimum Gasteiger partial charge on any atom is -0.497 e. The average Bonchev–Trinajstić information content (AvgIpc) is 2.16. The first-order valence-electron chi connectivity index (χ1n) is 3.69. The fraction of sp³-hybridized carbons (Fsp3) is 0.250. The third-order valence-electron chi connectivity index (χ3n) is 1.74. The van der Waals surface area contributed by atoms with Gasteiger partial charge in [-0.2, -0.15) is 8.42 Å². The fourth-order valence-electron chi connectivity index (χ4n) is 1.06. The van der Waals surface area contributed by atoms with Crippen LogP contribution in [0.25, 0.3) is 0 Å². The highest BCUT2D eigenvalue weighted by molar-refractivity contribution is 7.73. The van der Waals surface area contributed by atoms with Crippen LogP contribution in [0.4, 0.5) is 0 Å². The molecule has 0 amide bonds. The van der Waals surface area contributed by atoms with Crippen LogP contribution in [0.1, 0.15) is 0 Å². The quantitative estimate of drug-likeness (QED) is 0.648. The van der Waals surface area contributed by atoms with Gasteiger partial charge < -0.3 is 9.84 Å². The molecule has 0 heterocycles. The molecule has 0 spiro atoms. The monoisotopic (exact) mass is 216 g/mol. The van der Waals surface area contributed by atoms with E-state index in [1.165, 1.54) is 25.3 Å². The number of aliphatic carboxylic acids is 1. The topological polar surface area (TPSA) is 80.7 Å². The Morgan fingerprint density at radius 2 is 2.14 bits per heavy atom. The summed E-state index contributed by atoms with van der Waals surface area (Å²) in [6, 6.07) is 0. The van der Waals surface area contributed by atoms with Gasteiger partial charge in [-0.05, 0) is 18.2 Å². The number of ether oxygens (including phenoxy) is 1. The van der Waals surface area contributed by atoms with Gasteiger partial charge in [0.25, 0.3) is 0 Å². The zero-order valence-corrected chi connectivity index (χ0v) is 8.11. The van der Waals surface area contributed by atoms with Gasteiger partial charge >= 0.3 is 5.97 Å². The molecule has 0 radical (unpaired) electrons. The lowest BCUT2D eigenvalue weighted by atomic mass is 10.00. The van der Waals surface area contributed by atoms with Crippen molar-refractivity contribution in [1.82, 2.24) is 0 Å². The first-order chi connectivity index (χ1) is 6.56. The number of carboxylic acids is 1. The highest BCUT2D eigenvalue weighted by Gasteiger charge is 2.24. The SMILES string of the molecule is COC1=CC(C(=O)O)C(=S(=O)=O)C=C1. The molecule has 1 N–H and O–H groups in total. The van der Waals surface area contributed by atoms with Crippen molar-refractivity contribution in [1.29, 1.82) is 0 Å². The van der Waals surface area contributed by atoms with Crippen molar-refractivity contribution in [2.45, 2.75) is 0 Å². The van der Waals surface area contributed by atoms with Crippen molar-refractivity contribution in [2.24, 2.45) is 5.92 Å². The molecule has 0 aromatic carbocycles. The van der Waals surface area contributed by atoms with E-state index in [1.807, 2.05) is 0 Å². The lowest BCUT2D eigenvalue weighted by Crippen LogP contribution is -2.23. The molecule has 0 aliphatic heterocycles. The smallest absolute Gasteiger partial charge is 0.316 e. The lowest BCUT2D eigenvalue weighted by Gasteiger charge is -2.11.